The van der Waals surface area contributed by atoms with E-state index in [1.54, 1.807) is 0 Å². The molecule has 0 aromatic carbocycles. The maximum Gasteiger partial charge on any atom is 0.500 e. The van der Waals surface area contributed by atoms with Crippen molar-refractivity contribution >= 4 is 8.80 Å². The number of nitrogens with two attached hydrogens (primary N) is 1. The van der Waals surface area contributed by atoms with Gasteiger partial charge in [0.2, 0.25) is 0 Å². The third-order valence-corrected chi connectivity index (χ3v) is 5.95. The molecule has 0 aromatic rings. The number of nitrogens with zero attached hydrogens (tertiary/aromatic N) is 1. The van der Waals surface area contributed by atoms with Crippen molar-refractivity contribution in [2.75, 3.05) is 26.4 Å². The molecular formula is C12H29N3O3Si. The molecule has 114 valence electrons. The van der Waals surface area contributed by atoms with Gasteiger partial charge in [0, 0.05) is 25.9 Å². The van der Waals surface area contributed by atoms with Crippen molar-refractivity contribution in [1.82, 2.24) is 0 Å². The average Bonchev–Trinajstić information content (AvgIpc) is 2.38. The fourth-order valence-corrected chi connectivity index (χ4v) is 4.66. The zero-order chi connectivity index (χ0) is 14.6. The molecule has 0 radical (unpaired) electrons. The molecule has 0 rings (SSSR count). The Hall–Kier alpha value is -0.343. The normalized spacial score (nSPS) is 13.5. The van der Waals surface area contributed by atoms with Crippen LogP contribution in [0.15, 0.2) is 5.11 Å². The van der Waals surface area contributed by atoms with Gasteiger partial charge in [-0.3, -0.25) is 0 Å². The zero-order valence-corrected chi connectivity index (χ0v) is 13.5. The quantitative estimate of drug-likeness (QED) is 0.403. The number of hydrogen-bond donors (Lipinski definition) is 2. The molecule has 0 bridgehead atoms. The summed E-state index contributed by atoms with van der Waals surface area (Å²) in [5.74, 6) is 0. The Bertz CT molecular complexity index is 215. The second-order valence-electron chi connectivity index (χ2n) is 4.23. The van der Waals surface area contributed by atoms with Crippen LogP contribution in [-0.2, 0) is 13.3 Å². The SMILES string of the molecule is CCO[Si](CCCC(CCN)N=N)(OCC)OCC. The van der Waals surface area contributed by atoms with Crippen LogP contribution in [0.3, 0.4) is 0 Å². The largest absolute Gasteiger partial charge is 0.500 e. The van der Waals surface area contributed by atoms with E-state index in [2.05, 4.69) is 5.11 Å². The highest BCUT2D eigenvalue weighted by molar-refractivity contribution is 6.60. The van der Waals surface area contributed by atoms with Crippen molar-refractivity contribution < 1.29 is 13.3 Å². The first-order valence-corrected chi connectivity index (χ1v) is 9.09. The maximum absolute atomic E-state index is 7.13. The molecule has 6 nitrogen and oxygen atoms in total. The molecular weight excluding hydrogens is 262 g/mol. The van der Waals surface area contributed by atoms with Crippen molar-refractivity contribution in [2.24, 2.45) is 10.8 Å². The molecule has 7 heteroatoms. The standard InChI is InChI=1S/C12H29N3O3Si/c1-4-16-19(17-5-2,18-6-3)11-7-8-12(15-14)9-10-13/h12,14H,4-11,13H2,1-3H3. The van der Waals surface area contributed by atoms with Gasteiger partial charge in [-0.2, -0.15) is 5.11 Å². The molecule has 0 fully saturated rings. The molecule has 0 aliphatic carbocycles. The van der Waals surface area contributed by atoms with Crippen LogP contribution < -0.4 is 5.73 Å². The monoisotopic (exact) mass is 291 g/mol. The lowest BCUT2D eigenvalue weighted by molar-refractivity contribution is 0.0705. The van der Waals surface area contributed by atoms with Gasteiger partial charge < -0.3 is 19.0 Å². The Morgan fingerprint density at radius 1 is 1.05 bits per heavy atom. The summed E-state index contributed by atoms with van der Waals surface area (Å²) in [5.41, 5.74) is 12.6. The second kappa shape index (κ2) is 11.5. The molecule has 0 heterocycles. The van der Waals surface area contributed by atoms with Gasteiger partial charge in [0.25, 0.3) is 0 Å². The second-order valence-corrected chi connectivity index (χ2v) is 6.97. The molecule has 1 unspecified atom stereocenters. The van der Waals surface area contributed by atoms with E-state index < -0.39 is 8.80 Å². The van der Waals surface area contributed by atoms with E-state index >= 15 is 0 Å². The summed E-state index contributed by atoms with van der Waals surface area (Å²) in [6, 6.07) is 0.792. The number of rotatable bonds is 13. The molecule has 0 amide bonds. The summed E-state index contributed by atoms with van der Waals surface area (Å²) in [7, 11) is -2.53. The van der Waals surface area contributed by atoms with E-state index in [0.717, 1.165) is 25.3 Å². The predicted molar refractivity (Wildman–Crippen MR) is 77.3 cm³/mol. The Kier molecular flexibility index (Phi) is 11.3. The summed E-state index contributed by atoms with van der Waals surface area (Å²) in [6.45, 7) is 8.23. The van der Waals surface area contributed by atoms with Gasteiger partial charge in [-0.15, -0.1) is 0 Å². The Morgan fingerprint density at radius 2 is 1.58 bits per heavy atom. The van der Waals surface area contributed by atoms with Gasteiger partial charge in [-0.1, -0.05) is 0 Å². The molecule has 0 aromatic heterocycles. The van der Waals surface area contributed by atoms with E-state index in [1.165, 1.54) is 0 Å². The van der Waals surface area contributed by atoms with Crippen LogP contribution in [0.25, 0.3) is 0 Å². The lowest BCUT2D eigenvalue weighted by Crippen LogP contribution is -2.46. The van der Waals surface area contributed by atoms with Gasteiger partial charge in [0.1, 0.15) is 0 Å². The fourth-order valence-electron chi connectivity index (χ4n) is 2.02. The zero-order valence-electron chi connectivity index (χ0n) is 12.5. The molecule has 0 saturated heterocycles. The van der Waals surface area contributed by atoms with Crippen LogP contribution in [-0.4, -0.2) is 41.2 Å². The van der Waals surface area contributed by atoms with Gasteiger partial charge >= 0.3 is 8.80 Å². The number of hydrogen-bond acceptors (Lipinski definition) is 6. The van der Waals surface area contributed by atoms with Crippen LogP contribution in [0.1, 0.15) is 40.0 Å². The molecule has 1 atom stereocenters. The minimum atomic E-state index is -2.53. The summed E-state index contributed by atoms with van der Waals surface area (Å²) >= 11 is 0. The van der Waals surface area contributed by atoms with E-state index in [4.69, 9.17) is 24.5 Å². The first-order valence-electron chi connectivity index (χ1n) is 7.16. The summed E-state index contributed by atoms with van der Waals surface area (Å²) in [5, 5.41) is 3.60. The lowest BCUT2D eigenvalue weighted by Gasteiger charge is -2.28. The Balaban J connectivity index is 4.33. The summed E-state index contributed by atoms with van der Waals surface area (Å²) in [4.78, 5) is 0. The Morgan fingerprint density at radius 3 is 1.95 bits per heavy atom. The highest BCUT2D eigenvalue weighted by atomic mass is 28.4. The molecule has 0 aliphatic rings. The molecule has 3 N–H and O–H groups in total. The van der Waals surface area contributed by atoms with Crippen LogP contribution in [0.4, 0.5) is 0 Å². The minimum absolute atomic E-state index is 0.0154. The molecule has 0 saturated carbocycles. The fraction of sp³-hybridized carbons (Fsp3) is 1.00. The highest BCUT2D eigenvalue weighted by Crippen LogP contribution is 2.21. The first-order chi connectivity index (χ1) is 9.17. The molecule has 0 spiro atoms. The topological polar surface area (TPSA) is 89.9 Å². The van der Waals surface area contributed by atoms with Crippen molar-refractivity contribution in [2.45, 2.75) is 52.1 Å². The predicted octanol–water partition coefficient (Wildman–Crippen LogP) is 2.56. The van der Waals surface area contributed by atoms with E-state index in [0.29, 0.717) is 26.4 Å². The van der Waals surface area contributed by atoms with Gasteiger partial charge in [0.15, 0.2) is 0 Å². The average molecular weight is 291 g/mol. The van der Waals surface area contributed by atoms with Gasteiger partial charge in [0.05, 0.1) is 6.04 Å². The lowest BCUT2D eigenvalue weighted by atomic mass is 10.1. The van der Waals surface area contributed by atoms with E-state index in [1.807, 2.05) is 20.8 Å². The molecule has 19 heavy (non-hydrogen) atoms. The highest BCUT2D eigenvalue weighted by Gasteiger charge is 2.39. The van der Waals surface area contributed by atoms with E-state index in [9.17, 15) is 0 Å². The van der Waals surface area contributed by atoms with Crippen molar-refractivity contribution in [3.05, 3.63) is 0 Å². The summed E-state index contributed by atoms with van der Waals surface area (Å²) in [6.07, 6.45) is 2.48. The van der Waals surface area contributed by atoms with Gasteiger partial charge in [-0.05, 0) is 46.6 Å². The van der Waals surface area contributed by atoms with Crippen LogP contribution in [0.2, 0.25) is 6.04 Å². The van der Waals surface area contributed by atoms with Crippen LogP contribution in [0.5, 0.6) is 0 Å². The Labute approximate surface area is 117 Å². The third kappa shape index (κ3) is 7.73. The van der Waals surface area contributed by atoms with Crippen molar-refractivity contribution in [3.63, 3.8) is 0 Å². The van der Waals surface area contributed by atoms with Gasteiger partial charge in [-0.25, -0.2) is 5.53 Å². The van der Waals surface area contributed by atoms with Crippen LogP contribution in [0, 0.1) is 5.53 Å². The smallest absolute Gasteiger partial charge is 0.374 e. The van der Waals surface area contributed by atoms with Crippen molar-refractivity contribution in [1.29, 1.82) is 5.53 Å². The first kappa shape index (κ1) is 18.7. The minimum Gasteiger partial charge on any atom is -0.374 e. The summed E-state index contributed by atoms with van der Waals surface area (Å²) < 4.78 is 17.3. The third-order valence-electron chi connectivity index (χ3n) is 2.80. The van der Waals surface area contributed by atoms with E-state index in [-0.39, 0.29) is 6.04 Å². The molecule has 0 aliphatic heterocycles. The maximum atomic E-state index is 7.13. The van der Waals surface area contributed by atoms with Crippen LogP contribution >= 0.6 is 0 Å². The number of nitrogens with one attached hydrogen (secondary N) is 1. The van der Waals surface area contributed by atoms with Crippen molar-refractivity contribution in [3.8, 4) is 0 Å².